The third kappa shape index (κ3) is 4.80. The molecule has 124 valence electrons. The summed E-state index contributed by atoms with van der Waals surface area (Å²) in [5, 5.41) is 12.9. The molecule has 0 fully saturated rings. The number of amides is 1. The SMILES string of the molecule is Cc1ccc(C(C)(O)CNC(=O)c2ccc(SC(F)F)cc2)o1. The fourth-order valence-corrected chi connectivity index (χ4v) is 2.45. The molecule has 0 radical (unpaired) electrons. The van der Waals surface area contributed by atoms with Crippen LogP contribution < -0.4 is 5.32 Å². The summed E-state index contributed by atoms with van der Waals surface area (Å²) in [6.45, 7) is 3.26. The molecule has 0 saturated heterocycles. The quantitative estimate of drug-likeness (QED) is 0.789. The summed E-state index contributed by atoms with van der Waals surface area (Å²) < 4.78 is 29.8. The van der Waals surface area contributed by atoms with Gasteiger partial charge in [-0.2, -0.15) is 8.78 Å². The van der Waals surface area contributed by atoms with Gasteiger partial charge in [0.1, 0.15) is 17.1 Å². The van der Waals surface area contributed by atoms with Crippen molar-refractivity contribution < 1.29 is 23.1 Å². The van der Waals surface area contributed by atoms with E-state index in [0.29, 0.717) is 33.7 Å². The number of nitrogens with one attached hydrogen (secondary N) is 1. The molecule has 1 aromatic carbocycles. The van der Waals surface area contributed by atoms with Crippen LogP contribution in [0.1, 0.15) is 28.8 Å². The van der Waals surface area contributed by atoms with E-state index in [2.05, 4.69) is 5.32 Å². The van der Waals surface area contributed by atoms with Crippen LogP contribution in [0.5, 0.6) is 0 Å². The normalized spacial score (nSPS) is 13.8. The maximum Gasteiger partial charge on any atom is 0.288 e. The lowest BCUT2D eigenvalue weighted by molar-refractivity contribution is 0.0323. The highest BCUT2D eigenvalue weighted by atomic mass is 32.2. The van der Waals surface area contributed by atoms with Crippen molar-refractivity contribution in [3.05, 3.63) is 53.5 Å². The van der Waals surface area contributed by atoms with Gasteiger partial charge in [-0.15, -0.1) is 0 Å². The van der Waals surface area contributed by atoms with E-state index in [0.717, 1.165) is 0 Å². The first kappa shape index (κ1) is 17.5. The summed E-state index contributed by atoms with van der Waals surface area (Å²) in [5.74, 6) is -1.87. The first-order valence-electron chi connectivity index (χ1n) is 6.90. The maximum atomic E-state index is 12.2. The van der Waals surface area contributed by atoms with Gasteiger partial charge in [0.05, 0.1) is 6.54 Å². The molecule has 2 rings (SSSR count). The van der Waals surface area contributed by atoms with Gasteiger partial charge in [-0.05, 0) is 50.2 Å². The molecule has 0 saturated carbocycles. The van der Waals surface area contributed by atoms with Crippen molar-refractivity contribution in [2.24, 2.45) is 0 Å². The average Bonchev–Trinajstić information content (AvgIpc) is 2.92. The molecule has 1 atom stereocenters. The Kier molecular flexibility index (Phi) is 5.43. The summed E-state index contributed by atoms with van der Waals surface area (Å²) in [7, 11) is 0. The number of alkyl halides is 2. The zero-order valence-electron chi connectivity index (χ0n) is 12.7. The minimum absolute atomic E-state index is 0.0354. The number of furan rings is 1. The zero-order valence-corrected chi connectivity index (χ0v) is 13.5. The van der Waals surface area contributed by atoms with Gasteiger partial charge in [-0.3, -0.25) is 4.79 Å². The molecule has 0 aliphatic heterocycles. The molecule has 4 nitrogen and oxygen atoms in total. The Balaban J connectivity index is 1.96. The van der Waals surface area contributed by atoms with Gasteiger partial charge in [-0.1, -0.05) is 11.8 Å². The van der Waals surface area contributed by atoms with Crippen molar-refractivity contribution in [3.8, 4) is 0 Å². The summed E-state index contributed by atoms with van der Waals surface area (Å²) in [4.78, 5) is 12.4. The van der Waals surface area contributed by atoms with Crippen LogP contribution in [-0.2, 0) is 5.60 Å². The van der Waals surface area contributed by atoms with Crippen molar-refractivity contribution in [2.75, 3.05) is 6.54 Å². The Labute approximate surface area is 136 Å². The van der Waals surface area contributed by atoms with Crippen molar-refractivity contribution in [1.29, 1.82) is 0 Å². The van der Waals surface area contributed by atoms with Gasteiger partial charge in [0.2, 0.25) is 0 Å². The highest BCUT2D eigenvalue weighted by molar-refractivity contribution is 7.99. The van der Waals surface area contributed by atoms with Crippen LogP contribution in [0.15, 0.2) is 45.7 Å². The number of carbonyl (C=O) groups is 1. The van der Waals surface area contributed by atoms with Gasteiger partial charge in [0.25, 0.3) is 11.7 Å². The highest BCUT2D eigenvalue weighted by Crippen LogP contribution is 2.25. The topological polar surface area (TPSA) is 62.5 Å². The van der Waals surface area contributed by atoms with Gasteiger partial charge < -0.3 is 14.8 Å². The molecular weight excluding hydrogens is 324 g/mol. The van der Waals surface area contributed by atoms with Gasteiger partial charge in [-0.25, -0.2) is 0 Å². The highest BCUT2D eigenvalue weighted by Gasteiger charge is 2.27. The third-order valence-corrected chi connectivity index (χ3v) is 3.93. The number of hydrogen-bond acceptors (Lipinski definition) is 4. The zero-order chi connectivity index (χ0) is 17.0. The van der Waals surface area contributed by atoms with E-state index in [1.54, 1.807) is 19.1 Å². The lowest BCUT2D eigenvalue weighted by Crippen LogP contribution is -2.38. The molecule has 7 heteroatoms. The van der Waals surface area contributed by atoms with Crippen LogP contribution in [0.25, 0.3) is 0 Å². The van der Waals surface area contributed by atoms with Crippen LogP contribution in [-0.4, -0.2) is 23.3 Å². The van der Waals surface area contributed by atoms with E-state index >= 15 is 0 Å². The van der Waals surface area contributed by atoms with E-state index in [4.69, 9.17) is 4.42 Å². The Hall–Kier alpha value is -1.86. The van der Waals surface area contributed by atoms with Crippen molar-refractivity contribution in [3.63, 3.8) is 0 Å². The van der Waals surface area contributed by atoms with Crippen LogP contribution >= 0.6 is 11.8 Å². The molecule has 1 heterocycles. The average molecular weight is 341 g/mol. The minimum atomic E-state index is -2.50. The largest absolute Gasteiger partial charge is 0.463 e. The summed E-state index contributed by atoms with van der Waals surface area (Å²) >= 11 is 0.419. The van der Waals surface area contributed by atoms with Crippen LogP contribution in [0.2, 0.25) is 0 Å². The molecule has 2 N–H and O–H groups in total. The summed E-state index contributed by atoms with van der Waals surface area (Å²) in [6, 6.07) is 9.22. The lowest BCUT2D eigenvalue weighted by Gasteiger charge is -2.21. The standard InChI is InChI=1S/C16H17F2NO3S/c1-10-3-8-13(22-10)16(2,21)9-19-14(20)11-4-6-12(7-5-11)23-15(17)18/h3-8,15,21H,9H2,1-2H3,(H,19,20). The number of halogens is 2. The van der Waals surface area contributed by atoms with E-state index in [-0.39, 0.29) is 6.54 Å². The number of thioether (sulfide) groups is 1. The van der Waals surface area contributed by atoms with E-state index in [1.807, 2.05) is 0 Å². The molecule has 1 aromatic heterocycles. The van der Waals surface area contributed by atoms with Gasteiger partial charge >= 0.3 is 0 Å². The Morgan fingerprint density at radius 2 is 1.96 bits per heavy atom. The van der Waals surface area contributed by atoms with Gasteiger partial charge in [0, 0.05) is 10.5 Å². The second-order valence-corrected chi connectivity index (χ2v) is 6.33. The number of aliphatic hydroxyl groups is 1. The van der Waals surface area contributed by atoms with E-state index < -0.39 is 17.3 Å². The van der Waals surface area contributed by atoms with Crippen molar-refractivity contribution >= 4 is 17.7 Å². The molecule has 0 aliphatic rings. The maximum absolute atomic E-state index is 12.2. The van der Waals surface area contributed by atoms with Crippen LogP contribution in [0, 0.1) is 6.92 Å². The van der Waals surface area contributed by atoms with Crippen LogP contribution in [0.4, 0.5) is 8.78 Å². The first-order valence-corrected chi connectivity index (χ1v) is 7.78. The number of hydrogen-bond donors (Lipinski definition) is 2. The Morgan fingerprint density at radius 1 is 1.30 bits per heavy atom. The van der Waals surface area contributed by atoms with Crippen molar-refractivity contribution in [2.45, 2.75) is 30.1 Å². The molecule has 0 spiro atoms. The summed E-state index contributed by atoms with van der Waals surface area (Å²) in [6.07, 6.45) is 0. The fourth-order valence-electron chi connectivity index (χ4n) is 1.95. The molecule has 23 heavy (non-hydrogen) atoms. The molecule has 0 bridgehead atoms. The molecular formula is C16H17F2NO3S. The molecule has 2 aromatic rings. The number of rotatable bonds is 6. The predicted octanol–water partition coefficient (Wildman–Crippen LogP) is 3.54. The number of carbonyl (C=O) groups excluding carboxylic acids is 1. The summed E-state index contributed by atoms with van der Waals surface area (Å²) in [5.41, 5.74) is -1.01. The Morgan fingerprint density at radius 3 is 2.48 bits per heavy atom. The lowest BCUT2D eigenvalue weighted by atomic mass is 10.0. The minimum Gasteiger partial charge on any atom is -0.463 e. The van der Waals surface area contributed by atoms with Crippen LogP contribution in [0.3, 0.4) is 0 Å². The molecule has 1 amide bonds. The van der Waals surface area contributed by atoms with E-state index in [1.165, 1.54) is 31.2 Å². The van der Waals surface area contributed by atoms with Gasteiger partial charge in [0.15, 0.2) is 0 Å². The monoisotopic (exact) mass is 341 g/mol. The molecule has 1 unspecified atom stereocenters. The predicted molar refractivity (Wildman–Crippen MR) is 83.7 cm³/mol. The van der Waals surface area contributed by atoms with E-state index in [9.17, 15) is 18.7 Å². The third-order valence-electron chi connectivity index (χ3n) is 3.21. The first-order chi connectivity index (χ1) is 10.8. The number of benzene rings is 1. The second kappa shape index (κ2) is 7.14. The second-order valence-electron chi connectivity index (χ2n) is 5.27. The number of aryl methyl sites for hydroxylation is 1. The molecule has 0 aliphatic carbocycles. The van der Waals surface area contributed by atoms with Crippen molar-refractivity contribution in [1.82, 2.24) is 5.32 Å². The fraction of sp³-hybridized carbons (Fsp3) is 0.312. The smallest absolute Gasteiger partial charge is 0.288 e. The Bertz CT molecular complexity index is 668.